The molecule has 0 spiro atoms. The fraction of sp³-hybridized carbons (Fsp3) is 0.635. The molecule has 0 saturated carbocycles. The van der Waals surface area contributed by atoms with E-state index in [1.165, 1.54) is 6.20 Å². The van der Waals surface area contributed by atoms with Crippen LogP contribution in [0.5, 0.6) is 0 Å². The van der Waals surface area contributed by atoms with Crippen molar-refractivity contribution >= 4 is 99.6 Å². The number of carbonyl (C=O) groups excluding carboxylic acids is 13. The number of H-pyrrole nitrogens is 1. The Labute approximate surface area is 579 Å². The predicted octanol–water partition coefficient (Wildman–Crippen LogP) is -6.84. The van der Waals surface area contributed by atoms with Crippen molar-refractivity contribution in [2.45, 2.75) is 199 Å². The molecule has 0 radical (unpaired) electrons. The van der Waals surface area contributed by atoms with E-state index in [2.05, 4.69) is 68.5 Å². The van der Waals surface area contributed by atoms with Gasteiger partial charge in [0.2, 0.25) is 76.8 Å². The minimum absolute atomic E-state index is 0.0158. The lowest BCUT2D eigenvalue weighted by molar-refractivity contribution is -0.144. The molecule has 13 amide bonds. The van der Waals surface area contributed by atoms with Gasteiger partial charge in [0.15, 0.2) is 5.96 Å². The number of nitrogens with zero attached hydrogens (tertiary/aromatic N) is 1. The highest BCUT2D eigenvalue weighted by molar-refractivity contribution is 6.01. The molecule has 0 aliphatic rings. The summed E-state index contributed by atoms with van der Waals surface area (Å²) in [6.45, 7) is 10.7. The number of aromatic amines is 1. The van der Waals surface area contributed by atoms with Gasteiger partial charge in [-0.05, 0) is 86.8 Å². The van der Waals surface area contributed by atoms with Crippen LogP contribution >= 0.6 is 0 Å². The molecule has 1 aromatic carbocycles. The van der Waals surface area contributed by atoms with E-state index in [4.69, 9.17) is 34.4 Å². The molecule has 0 saturated heterocycles. The minimum Gasteiger partial charge on any atom is -0.480 e. The van der Waals surface area contributed by atoms with Crippen LogP contribution in [-0.4, -0.2) is 220 Å². The first kappa shape index (κ1) is 86.5. The number of benzene rings is 1. The monoisotopic (exact) mass is 1420 g/mol. The number of aliphatic carboxylic acids is 1. The van der Waals surface area contributed by atoms with Crippen LogP contribution in [0.15, 0.2) is 35.5 Å². The van der Waals surface area contributed by atoms with Crippen LogP contribution in [-0.2, 0) is 73.5 Å². The summed E-state index contributed by atoms with van der Waals surface area (Å²) < 4.78 is 0. The molecule has 2 rings (SSSR count). The van der Waals surface area contributed by atoms with Gasteiger partial charge in [0.25, 0.3) is 0 Å². The van der Waals surface area contributed by atoms with Crippen LogP contribution in [0.3, 0.4) is 0 Å². The topological polar surface area (TPSA) is 636 Å². The Morgan fingerprint density at radius 1 is 0.480 bits per heavy atom. The third kappa shape index (κ3) is 29.9. The SMILES string of the molecule is CC[C@H](C)[C@H](NC(=O)[C@H](CCCN=C(N)N)NC(=O)[C@H](CC(C)C)NC(=O)[C@H](CC(C)C)NC(=O)[C@@H](NC(=O)[C@H](CCCCN)NC(=O)[C@H](CO)NC(=O)[C@H](Cc1c[nH]c2ccccc12)NC(=O)[C@H](CO)NC(=O)[C@H](CC(N)=O)NC(=O)[C@H](CC(N)=O)NC(=O)[C@@H](N)CO)C(C)C)C(=O)O. The first-order chi connectivity index (χ1) is 47.0. The Balaban J connectivity index is 2.50. The number of aromatic nitrogens is 1. The van der Waals surface area contributed by atoms with E-state index in [9.17, 15) is 87.5 Å². The average molecular weight is 1420 g/mol. The molecule has 37 nitrogen and oxygen atoms in total. The highest BCUT2D eigenvalue weighted by Gasteiger charge is 2.38. The van der Waals surface area contributed by atoms with E-state index in [-0.39, 0.29) is 75.8 Å². The number of primary amides is 2. The molecule has 0 fully saturated rings. The van der Waals surface area contributed by atoms with E-state index in [1.807, 2.05) is 0 Å². The number of hydrogen-bond donors (Lipinski definition) is 22. The Hall–Kier alpha value is -9.59. The second kappa shape index (κ2) is 43.7. The lowest BCUT2D eigenvalue weighted by Gasteiger charge is -2.30. The quantitative estimate of drug-likeness (QED) is 0.0166. The zero-order valence-corrected chi connectivity index (χ0v) is 57.9. The second-order valence-corrected chi connectivity index (χ2v) is 25.5. The highest BCUT2D eigenvalue weighted by atomic mass is 16.4. The molecular weight excluding hydrogens is 1310 g/mol. The first-order valence-corrected chi connectivity index (χ1v) is 33.0. The van der Waals surface area contributed by atoms with Crippen molar-refractivity contribution in [2.75, 3.05) is 32.9 Å². The summed E-state index contributed by atoms with van der Waals surface area (Å²) in [7, 11) is 0. The van der Waals surface area contributed by atoms with E-state index in [1.54, 1.807) is 79.7 Å². The number of nitrogens with two attached hydrogens (primary N) is 6. The zero-order valence-electron chi connectivity index (χ0n) is 57.9. The van der Waals surface area contributed by atoms with Crippen molar-refractivity contribution in [1.29, 1.82) is 0 Å². The molecule has 0 unspecified atom stereocenters. The molecule has 13 atom stereocenters. The maximum Gasteiger partial charge on any atom is 0.326 e. The van der Waals surface area contributed by atoms with Crippen LogP contribution in [0.1, 0.15) is 125 Å². The summed E-state index contributed by atoms with van der Waals surface area (Å²) in [6.07, 6.45) is 0.398. The number of aliphatic hydroxyl groups is 3. The summed E-state index contributed by atoms with van der Waals surface area (Å²) in [5.74, 6) is -16.9. The Kier molecular flexibility index (Phi) is 37.8. The van der Waals surface area contributed by atoms with Gasteiger partial charge in [-0.1, -0.05) is 80.0 Å². The third-order valence-corrected chi connectivity index (χ3v) is 15.8. The van der Waals surface area contributed by atoms with Gasteiger partial charge in [-0.3, -0.25) is 67.3 Å². The number of aliphatic imine (C=N–C) groups is 1. The van der Waals surface area contributed by atoms with Gasteiger partial charge < -0.3 is 118 Å². The molecule has 0 aliphatic carbocycles. The number of fused-ring (bicyclic) bond motifs is 1. The fourth-order valence-corrected chi connectivity index (χ4v) is 10.1. The Morgan fingerprint density at radius 3 is 1.32 bits per heavy atom. The number of amides is 13. The summed E-state index contributed by atoms with van der Waals surface area (Å²) >= 11 is 0. The molecule has 0 bridgehead atoms. The van der Waals surface area contributed by atoms with Gasteiger partial charge in [0.1, 0.15) is 72.5 Å². The average Bonchev–Trinajstić information content (AvgIpc) is 1.62. The van der Waals surface area contributed by atoms with Gasteiger partial charge >= 0.3 is 5.97 Å². The maximum atomic E-state index is 14.5. The van der Waals surface area contributed by atoms with E-state index in [0.717, 1.165) is 0 Å². The predicted molar refractivity (Wildman–Crippen MR) is 364 cm³/mol. The van der Waals surface area contributed by atoms with Gasteiger partial charge in [-0.25, -0.2) is 4.79 Å². The van der Waals surface area contributed by atoms with Gasteiger partial charge in [-0.2, -0.15) is 0 Å². The second-order valence-electron chi connectivity index (χ2n) is 25.5. The number of nitrogens with one attached hydrogen (secondary N) is 12. The van der Waals surface area contributed by atoms with Crippen molar-refractivity contribution in [3.63, 3.8) is 0 Å². The molecular formula is C63H105N19O18. The number of carboxylic acids is 1. The molecule has 560 valence electrons. The van der Waals surface area contributed by atoms with Gasteiger partial charge in [0, 0.05) is 30.1 Å². The third-order valence-electron chi connectivity index (χ3n) is 15.8. The number of aliphatic hydroxyl groups excluding tert-OH is 3. The number of hydrogen-bond acceptors (Lipinski definition) is 20. The number of unbranched alkanes of at least 4 members (excludes halogenated alkanes) is 1. The summed E-state index contributed by atoms with van der Waals surface area (Å²) in [4.78, 5) is 197. The largest absolute Gasteiger partial charge is 0.480 e. The molecule has 1 heterocycles. The molecule has 1 aromatic heterocycles. The van der Waals surface area contributed by atoms with Crippen molar-refractivity contribution in [2.24, 2.45) is 63.1 Å². The van der Waals surface area contributed by atoms with Crippen molar-refractivity contribution < 1.29 is 87.5 Å². The van der Waals surface area contributed by atoms with Crippen LogP contribution in [0, 0.1) is 23.7 Å². The van der Waals surface area contributed by atoms with Crippen molar-refractivity contribution in [3.05, 3.63) is 36.0 Å². The van der Waals surface area contributed by atoms with Crippen LogP contribution in [0.2, 0.25) is 0 Å². The van der Waals surface area contributed by atoms with Gasteiger partial charge in [0.05, 0.1) is 32.7 Å². The van der Waals surface area contributed by atoms with E-state index in [0.29, 0.717) is 29.3 Å². The molecule has 100 heavy (non-hydrogen) atoms. The van der Waals surface area contributed by atoms with Crippen LogP contribution in [0.4, 0.5) is 0 Å². The smallest absolute Gasteiger partial charge is 0.326 e. The number of carbonyl (C=O) groups is 14. The number of carboxylic acid groups (broad SMARTS) is 1. The van der Waals surface area contributed by atoms with Crippen molar-refractivity contribution in [1.82, 2.24) is 63.5 Å². The van der Waals surface area contributed by atoms with E-state index < -0.39 is 200 Å². The van der Waals surface area contributed by atoms with Gasteiger partial charge in [-0.15, -0.1) is 0 Å². The lowest BCUT2D eigenvalue weighted by Crippen LogP contribution is -2.62. The summed E-state index contributed by atoms with van der Waals surface area (Å²) in [6, 6.07) is -12.2. The highest BCUT2D eigenvalue weighted by Crippen LogP contribution is 2.20. The standard InChI is InChI=1S/C63H105N19O18/c1-9-33(8)50(62(99)100)82-53(90)39(18-14-20-70-63(68)69)72-54(91)40(21-30(2)3)75-55(92)41(22-31(4)5)78-61(98)49(32(6)7)81-52(89)38(17-12-13-19-64)73-59(96)45(28-84)79-56(93)42(23-34-26-71-37-16-11-10-15-35(34)37)76-60(97)46(29-85)80-58(95)44(25-48(67)87)77-57(94)43(24-47(66)86)74-51(88)36(65)27-83/h10-11,15-16,26,30-33,36,38-46,49-50,71,83-85H,9,12-14,17-25,27-29,64-65H2,1-8H3,(H2,66,86)(H2,67,87)(H,72,91)(H,73,96)(H,74,88)(H,75,92)(H,76,97)(H,77,94)(H,78,98)(H,79,93)(H,80,95)(H,81,89)(H,82,90)(H,99,100)(H4,68,69,70)/t33-,36-,38-,39-,40-,41-,42-,43-,44-,45-,46-,49-,50-/m0/s1. The lowest BCUT2D eigenvalue weighted by atomic mass is 9.97. The number of rotatable bonds is 47. The Bertz CT molecular complexity index is 3140. The summed E-state index contributed by atoms with van der Waals surface area (Å²) in [5.41, 5.74) is 33.9. The molecule has 37 heteroatoms. The normalized spacial score (nSPS) is 15.2. The first-order valence-electron chi connectivity index (χ1n) is 33.0. The number of para-hydroxylation sites is 1. The molecule has 2 aromatic rings. The van der Waals surface area contributed by atoms with Crippen LogP contribution in [0.25, 0.3) is 10.9 Å². The minimum atomic E-state index is -1.97. The summed E-state index contributed by atoms with van der Waals surface area (Å²) in [5, 5.41) is 67.8. The van der Waals surface area contributed by atoms with Crippen molar-refractivity contribution in [3.8, 4) is 0 Å². The zero-order chi connectivity index (χ0) is 75.7. The van der Waals surface area contributed by atoms with Crippen LogP contribution < -0.4 is 92.9 Å². The fourth-order valence-electron chi connectivity index (χ4n) is 10.1. The Morgan fingerprint density at radius 2 is 0.880 bits per heavy atom. The molecule has 28 N–H and O–H groups in total. The maximum absolute atomic E-state index is 14.5. The molecule has 0 aliphatic heterocycles. The van der Waals surface area contributed by atoms with E-state index >= 15 is 0 Å². The number of guanidine groups is 1.